The number of rotatable bonds is 7. The van der Waals surface area contributed by atoms with Gasteiger partial charge in [0.25, 0.3) is 0 Å². The van der Waals surface area contributed by atoms with E-state index in [1.54, 1.807) is 14.0 Å². The first-order valence-electron chi connectivity index (χ1n) is 14.2. The molecule has 194 valence electrons. The van der Waals surface area contributed by atoms with Gasteiger partial charge in [-0.2, -0.15) is 0 Å². The molecule has 4 rings (SSSR count). The standard InChI is InChI=1S/C30H50O4/c1-7-22-26-18-21(32)13-15-30(26,5)25-14-16-29(4)23(19(2)10-8-9-17-33-6)11-12-24(29)27(25)28(22)34-20(3)31/h9,17,19,21-28,32H,7-8,10-16,18H2,1-6H3/b17-9+/t19-,21-,22-,23-,24+,25+,26?,27+,28-,29-,30-/m1/s1. The number of hydrogen-bond acceptors (Lipinski definition) is 4. The number of ether oxygens (including phenoxy) is 2. The second-order valence-electron chi connectivity index (χ2n) is 12.9. The van der Waals surface area contributed by atoms with Crippen molar-refractivity contribution in [2.75, 3.05) is 7.11 Å². The van der Waals surface area contributed by atoms with Crippen molar-refractivity contribution < 1.29 is 19.4 Å². The molecule has 0 aromatic carbocycles. The molecule has 0 heterocycles. The second-order valence-corrected chi connectivity index (χ2v) is 12.9. The molecule has 4 saturated carbocycles. The summed E-state index contributed by atoms with van der Waals surface area (Å²) in [5.41, 5.74) is 0.594. The monoisotopic (exact) mass is 474 g/mol. The molecule has 0 saturated heterocycles. The average Bonchev–Trinajstić information content (AvgIpc) is 3.14. The molecule has 0 spiro atoms. The normalized spacial score (nSPS) is 46.9. The molecule has 11 atom stereocenters. The molecule has 1 N–H and O–H groups in total. The average molecular weight is 475 g/mol. The summed E-state index contributed by atoms with van der Waals surface area (Å²) in [7, 11) is 1.71. The largest absolute Gasteiger partial charge is 0.505 e. The van der Waals surface area contributed by atoms with Crippen LogP contribution in [-0.4, -0.2) is 30.4 Å². The van der Waals surface area contributed by atoms with Crippen molar-refractivity contribution >= 4 is 5.97 Å². The van der Waals surface area contributed by atoms with Gasteiger partial charge in [0.15, 0.2) is 0 Å². The SMILES string of the molecule is CC[C@@H]1C2C[C@H](O)CC[C@]2(C)[C@H]2CC[C@]3(C)[C@@H]([C@H](C)CC/C=C/OC)CC[C@H]3[C@@H]2[C@@H]1OC(C)=O. The maximum atomic E-state index is 12.4. The van der Waals surface area contributed by atoms with Crippen LogP contribution in [0.15, 0.2) is 12.3 Å². The third-order valence-corrected chi connectivity index (χ3v) is 11.4. The topological polar surface area (TPSA) is 55.8 Å². The maximum Gasteiger partial charge on any atom is 0.302 e. The lowest BCUT2D eigenvalue weighted by atomic mass is 9.41. The number of hydrogen-bond donors (Lipinski definition) is 1. The Labute approximate surface area is 208 Å². The summed E-state index contributed by atoms with van der Waals surface area (Å²) in [5.74, 6) is 3.84. The molecular formula is C30H50O4. The number of aliphatic hydroxyl groups excluding tert-OH is 1. The molecule has 0 amide bonds. The third-order valence-electron chi connectivity index (χ3n) is 11.4. The molecule has 0 aromatic rings. The van der Waals surface area contributed by atoms with E-state index in [0.717, 1.165) is 38.0 Å². The van der Waals surface area contributed by atoms with Gasteiger partial charge in [-0.15, -0.1) is 0 Å². The van der Waals surface area contributed by atoms with Crippen LogP contribution in [-0.2, 0) is 14.3 Å². The van der Waals surface area contributed by atoms with Crippen LogP contribution >= 0.6 is 0 Å². The number of carbonyl (C=O) groups is 1. The number of aliphatic hydroxyl groups is 1. The molecule has 0 aliphatic heterocycles. The molecule has 0 aromatic heterocycles. The van der Waals surface area contributed by atoms with Crippen LogP contribution in [0.3, 0.4) is 0 Å². The molecular weight excluding hydrogens is 424 g/mol. The van der Waals surface area contributed by atoms with Crippen molar-refractivity contribution in [3.63, 3.8) is 0 Å². The highest BCUT2D eigenvalue weighted by atomic mass is 16.5. The Morgan fingerprint density at radius 2 is 1.79 bits per heavy atom. The molecule has 4 heteroatoms. The minimum Gasteiger partial charge on any atom is -0.505 e. The fraction of sp³-hybridized carbons (Fsp3) is 0.900. The van der Waals surface area contributed by atoms with Crippen LogP contribution in [0.25, 0.3) is 0 Å². The van der Waals surface area contributed by atoms with Crippen molar-refractivity contribution in [1.29, 1.82) is 0 Å². The summed E-state index contributed by atoms with van der Waals surface area (Å²) in [6, 6.07) is 0. The molecule has 0 radical (unpaired) electrons. The predicted octanol–water partition coefficient (Wildman–Crippen LogP) is 6.76. The Bertz CT molecular complexity index is 748. The minimum atomic E-state index is -0.195. The van der Waals surface area contributed by atoms with Gasteiger partial charge in [-0.1, -0.05) is 27.7 Å². The summed E-state index contributed by atoms with van der Waals surface area (Å²) in [5, 5.41) is 10.6. The maximum absolute atomic E-state index is 12.4. The first-order valence-corrected chi connectivity index (χ1v) is 14.2. The van der Waals surface area contributed by atoms with Crippen molar-refractivity contribution in [3.8, 4) is 0 Å². The molecule has 4 aliphatic carbocycles. The van der Waals surface area contributed by atoms with E-state index in [1.807, 2.05) is 6.26 Å². The summed E-state index contributed by atoms with van der Waals surface area (Å²) in [6.07, 6.45) is 15.2. The van der Waals surface area contributed by atoms with Gasteiger partial charge in [0, 0.05) is 12.8 Å². The van der Waals surface area contributed by atoms with E-state index in [2.05, 4.69) is 33.8 Å². The molecule has 1 unspecified atom stereocenters. The Morgan fingerprint density at radius 3 is 2.47 bits per heavy atom. The molecule has 34 heavy (non-hydrogen) atoms. The van der Waals surface area contributed by atoms with Crippen LogP contribution in [0, 0.1) is 52.3 Å². The Balaban J connectivity index is 1.65. The fourth-order valence-corrected chi connectivity index (χ4v) is 9.98. The lowest BCUT2D eigenvalue weighted by Gasteiger charge is -2.65. The number of esters is 1. The second kappa shape index (κ2) is 10.1. The highest BCUT2D eigenvalue weighted by Crippen LogP contribution is 2.70. The Hall–Kier alpha value is -1.03. The summed E-state index contributed by atoms with van der Waals surface area (Å²) < 4.78 is 11.4. The van der Waals surface area contributed by atoms with E-state index < -0.39 is 0 Å². The van der Waals surface area contributed by atoms with Crippen LogP contribution in [0.4, 0.5) is 0 Å². The Kier molecular flexibility index (Phi) is 7.77. The number of carbonyl (C=O) groups excluding carboxylic acids is 1. The quantitative estimate of drug-likeness (QED) is 0.327. The predicted molar refractivity (Wildman–Crippen MR) is 136 cm³/mol. The van der Waals surface area contributed by atoms with Crippen LogP contribution in [0.5, 0.6) is 0 Å². The van der Waals surface area contributed by atoms with Crippen molar-refractivity contribution in [2.45, 2.75) is 111 Å². The zero-order valence-corrected chi connectivity index (χ0v) is 22.6. The van der Waals surface area contributed by atoms with E-state index in [4.69, 9.17) is 9.47 Å². The lowest BCUT2D eigenvalue weighted by Crippen LogP contribution is -2.63. The van der Waals surface area contributed by atoms with E-state index in [1.165, 1.54) is 32.1 Å². The lowest BCUT2D eigenvalue weighted by molar-refractivity contribution is -0.217. The zero-order valence-electron chi connectivity index (χ0n) is 22.6. The number of allylic oxidation sites excluding steroid dienone is 1. The highest BCUT2D eigenvalue weighted by Gasteiger charge is 2.65. The van der Waals surface area contributed by atoms with Gasteiger partial charge >= 0.3 is 5.97 Å². The van der Waals surface area contributed by atoms with Gasteiger partial charge in [0.05, 0.1) is 19.5 Å². The third kappa shape index (κ3) is 4.35. The van der Waals surface area contributed by atoms with Crippen LogP contribution in [0.2, 0.25) is 0 Å². The van der Waals surface area contributed by atoms with Gasteiger partial charge in [0.2, 0.25) is 0 Å². The number of methoxy groups -OCH3 is 1. The molecule has 0 bridgehead atoms. The van der Waals surface area contributed by atoms with E-state index in [9.17, 15) is 9.90 Å². The van der Waals surface area contributed by atoms with Crippen molar-refractivity contribution in [3.05, 3.63) is 12.3 Å². The van der Waals surface area contributed by atoms with E-state index >= 15 is 0 Å². The van der Waals surface area contributed by atoms with Gasteiger partial charge in [0.1, 0.15) is 6.10 Å². The zero-order chi connectivity index (χ0) is 24.7. The van der Waals surface area contributed by atoms with E-state index in [0.29, 0.717) is 40.9 Å². The van der Waals surface area contributed by atoms with Crippen molar-refractivity contribution in [1.82, 2.24) is 0 Å². The summed E-state index contributed by atoms with van der Waals surface area (Å²) in [4.78, 5) is 12.4. The van der Waals surface area contributed by atoms with Crippen LogP contribution in [0.1, 0.15) is 98.8 Å². The van der Waals surface area contributed by atoms with Gasteiger partial charge < -0.3 is 14.6 Å². The van der Waals surface area contributed by atoms with Gasteiger partial charge in [-0.05, 0) is 117 Å². The van der Waals surface area contributed by atoms with E-state index in [-0.39, 0.29) is 23.6 Å². The number of fused-ring (bicyclic) bond motifs is 5. The van der Waals surface area contributed by atoms with Gasteiger partial charge in [-0.25, -0.2) is 0 Å². The summed E-state index contributed by atoms with van der Waals surface area (Å²) >= 11 is 0. The molecule has 4 nitrogen and oxygen atoms in total. The first kappa shape index (κ1) is 26.0. The smallest absolute Gasteiger partial charge is 0.302 e. The van der Waals surface area contributed by atoms with Crippen LogP contribution < -0.4 is 0 Å². The van der Waals surface area contributed by atoms with Gasteiger partial charge in [-0.3, -0.25) is 4.79 Å². The molecule has 4 fully saturated rings. The highest BCUT2D eigenvalue weighted by molar-refractivity contribution is 5.66. The summed E-state index contributed by atoms with van der Waals surface area (Å²) in [6.45, 7) is 11.5. The van der Waals surface area contributed by atoms with Crippen molar-refractivity contribution in [2.24, 2.45) is 52.3 Å². The Morgan fingerprint density at radius 1 is 1.09 bits per heavy atom. The minimum absolute atomic E-state index is 0.0131. The first-order chi connectivity index (χ1) is 16.2. The fourth-order valence-electron chi connectivity index (χ4n) is 9.98. The molecule has 4 aliphatic rings.